The Kier molecular flexibility index (Phi) is 6.30. The fourth-order valence-electron chi connectivity index (χ4n) is 4.07. The highest BCUT2D eigenvalue weighted by molar-refractivity contribution is 7.80. The van der Waals surface area contributed by atoms with Gasteiger partial charge in [0.1, 0.15) is 17.1 Å². The minimum Gasteiger partial charge on any atom is -0.457 e. The van der Waals surface area contributed by atoms with E-state index in [1.165, 1.54) is 11.0 Å². The molecule has 1 aliphatic rings. The molecule has 4 aromatic rings. The number of benzene rings is 4. The Morgan fingerprint density at radius 2 is 1.50 bits per heavy atom. The van der Waals surface area contributed by atoms with Gasteiger partial charge in [0.2, 0.25) is 0 Å². The minimum atomic E-state index is -1.72. The number of anilines is 1. The summed E-state index contributed by atoms with van der Waals surface area (Å²) in [6, 6.07) is 26.4. The van der Waals surface area contributed by atoms with Gasteiger partial charge >= 0.3 is 0 Å². The highest BCUT2D eigenvalue weighted by Gasteiger charge is 2.34. The molecule has 0 unspecified atom stereocenters. The molecule has 0 radical (unpaired) electrons. The summed E-state index contributed by atoms with van der Waals surface area (Å²) in [5, 5.41) is 23.5. The molecule has 0 saturated carbocycles. The number of para-hydroxylation sites is 1. The van der Waals surface area contributed by atoms with E-state index in [2.05, 4.69) is 5.32 Å². The molecule has 2 amide bonds. The van der Waals surface area contributed by atoms with Crippen molar-refractivity contribution in [3.8, 4) is 11.5 Å². The molecule has 36 heavy (non-hydrogen) atoms. The average molecular weight is 497 g/mol. The molecule has 3 N–H and O–H groups in total. The molecule has 0 spiro atoms. The van der Waals surface area contributed by atoms with E-state index in [-0.39, 0.29) is 16.2 Å². The zero-order chi connectivity index (χ0) is 25.2. The van der Waals surface area contributed by atoms with E-state index in [4.69, 9.17) is 17.0 Å². The van der Waals surface area contributed by atoms with Crippen molar-refractivity contribution in [3.63, 3.8) is 0 Å². The number of nitrogens with one attached hydrogen (secondary N) is 1. The van der Waals surface area contributed by atoms with Gasteiger partial charge < -0.3 is 14.9 Å². The van der Waals surface area contributed by atoms with Crippen molar-refractivity contribution in [2.45, 2.75) is 6.29 Å². The second kappa shape index (κ2) is 9.71. The smallest absolute Gasteiger partial charge is 0.270 e. The number of aliphatic hydroxyl groups excluding tert-OH is 1. The van der Waals surface area contributed by atoms with Gasteiger partial charge in [0, 0.05) is 5.56 Å². The van der Waals surface area contributed by atoms with Gasteiger partial charge in [-0.3, -0.25) is 19.8 Å². The van der Waals surface area contributed by atoms with E-state index >= 15 is 0 Å². The Hall–Kier alpha value is -4.37. The summed E-state index contributed by atoms with van der Waals surface area (Å²) in [5.41, 5.74) is 1.09. The lowest BCUT2D eigenvalue weighted by atomic mass is 9.96. The highest BCUT2D eigenvalue weighted by atomic mass is 32.1. The largest absolute Gasteiger partial charge is 0.457 e. The minimum absolute atomic E-state index is 0.0386. The van der Waals surface area contributed by atoms with Crippen molar-refractivity contribution in [3.05, 3.63) is 108 Å². The van der Waals surface area contributed by atoms with Gasteiger partial charge in [-0.25, -0.2) is 0 Å². The lowest BCUT2D eigenvalue weighted by Crippen LogP contribution is -2.54. The fourth-order valence-corrected chi connectivity index (χ4v) is 4.35. The number of carbonyl (C=O) groups excluding carboxylic acids is 2. The fraction of sp³-hybridized carbons (Fsp3) is 0.0357. The van der Waals surface area contributed by atoms with Gasteiger partial charge in [-0.05, 0) is 71.0 Å². The molecule has 1 heterocycles. The number of rotatable bonds is 5. The molecule has 0 aliphatic carbocycles. The van der Waals surface area contributed by atoms with Crippen LogP contribution in [-0.4, -0.2) is 27.1 Å². The Labute approximate surface area is 211 Å². The monoisotopic (exact) mass is 496 g/mol. The van der Waals surface area contributed by atoms with Crippen LogP contribution >= 0.6 is 12.2 Å². The van der Waals surface area contributed by atoms with Crippen LogP contribution in [0.15, 0.2) is 96.6 Å². The summed E-state index contributed by atoms with van der Waals surface area (Å²) in [4.78, 5) is 27.5. The molecule has 0 aromatic heterocycles. The first-order chi connectivity index (χ1) is 17.4. The number of carbonyl (C=O) groups is 2. The molecule has 1 aliphatic heterocycles. The topological polar surface area (TPSA) is 99.1 Å². The third kappa shape index (κ3) is 4.48. The summed E-state index contributed by atoms with van der Waals surface area (Å²) in [6.07, 6.45) is -0.280. The van der Waals surface area contributed by atoms with Crippen LogP contribution in [-0.2, 0) is 9.59 Å². The van der Waals surface area contributed by atoms with Gasteiger partial charge in [-0.1, -0.05) is 54.6 Å². The lowest BCUT2D eigenvalue weighted by molar-refractivity contribution is -0.122. The van der Waals surface area contributed by atoms with E-state index in [0.717, 1.165) is 5.39 Å². The maximum atomic E-state index is 13.5. The van der Waals surface area contributed by atoms with Crippen LogP contribution in [0.5, 0.6) is 11.5 Å². The van der Waals surface area contributed by atoms with E-state index < -0.39 is 18.1 Å². The van der Waals surface area contributed by atoms with Gasteiger partial charge in [0.15, 0.2) is 11.4 Å². The van der Waals surface area contributed by atoms with Gasteiger partial charge in [0.05, 0.1) is 5.69 Å². The summed E-state index contributed by atoms with van der Waals surface area (Å²) >= 11 is 5.30. The second-order valence-corrected chi connectivity index (χ2v) is 8.42. The van der Waals surface area contributed by atoms with E-state index in [1.54, 1.807) is 48.5 Å². The van der Waals surface area contributed by atoms with E-state index in [9.17, 15) is 19.8 Å². The first-order valence-electron chi connectivity index (χ1n) is 11.0. The Balaban J connectivity index is 1.50. The van der Waals surface area contributed by atoms with Crippen LogP contribution in [0.3, 0.4) is 0 Å². The van der Waals surface area contributed by atoms with Crippen molar-refractivity contribution in [1.82, 2.24) is 5.32 Å². The summed E-state index contributed by atoms with van der Waals surface area (Å²) in [6.45, 7) is 0. The quantitative estimate of drug-likeness (QED) is 0.163. The molecular weight excluding hydrogens is 476 g/mol. The first-order valence-corrected chi connectivity index (χ1v) is 11.5. The summed E-state index contributed by atoms with van der Waals surface area (Å²) in [7, 11) is 0. The average Bonchev–Trinajstić information content (AvgIpc) is 2.87. The third-order valence-electron chi connectivity index (χ3n) is 5.72. The lowest BCUT2D eigenvalue weighted by Gasteiger charge is -2.29. The molecule has 5 rings (SSSR count). The molecule has 1 fully saturated rings. The second-order valence-electron chi connectivity index (χ2n) is 8.03. The normalized spacial score (nSPS) is 15.0. The zero-order valence-electron chi connectivity index (χ0n) is 18.8. The van der Waals surface area contributed by atoms with Gasteiger partial charge in [-0.15, -0.1) is 0 Å². The van der Waals surface area contributed by atoms with Crippen LogP contribution in [0.4, 0.5) is 5.69 Å². The van der Waals surface area contributed by atoms with Crippen LogP contribution in [0.2, 0.25) is 0 Å². The first kappa shape index (κ1) is 23.4. The molecule has 7 nitrogen and oxygen atoms in total. The highest BCUT2D eigenvalue weighted by Crippen LogP contribution is 2.30. The van der Waals surface area contributed by atoms with Crippen molar-refractivity contribution >= 4 is 51.7 Å². The molecule has 178 valence electrons. The maximum absolute atomic E-state index is 13.5. The predicted molar refractivity (Wildman–Crippen MR) is 140 cm³/mol. The molecule has 1 saturated heterocycles. The van der Waals surface area contributed by atoms with Crippen LogP contribution in [0.1, 0.15) is 17.4 Å². The van der Waals surface area contributed by atoms with Crippen LogP contribution in [0, 0.1) is 0 Å². The molecule has 4 aromatic carbocycles. The number of thiocarbonyl (C=S) groups is 1. The number of ether oxygens (including phenoxy) is 1. The molecule has 0 bridgehead atoms. The number of hydrogen-bond donors (Lipinski definition) is 3. The number of aliphatic hydroxyl groups is 2. The van der Waals surface area contributed by atoms with Crippen molar-refractivity contribution in [2.75, 3.05) is 4.90 Å². The Bertz CT molecular complexity index is 1510. The van der Waals surface area contributed by atoms with Crippen molar-refractivity contribution < 1.29 is 24.5 Å². The zero-order valence-corrected chi connectivity index (χ0v) is 19.6. The summed E-state index contributed by atoms with van der Waals surface area (Å²) in [5.74, 6) is 0.0181. The Morgan fingerprint density at radius 3 is 2.19 bits per heavy atom. The molecule has 0 atom stereocenters. The molecular formula is C28H20N2O5S. The standard InChI is InChI=1S/C28H20N2O5S/c31-25-23(16-18-8-4-6-17-7-5-11-22(24(17)18)27(33)34)26(32)30(28(36)29-25)19-12-14-21(15-13-19)35-20-9-2-1-3-10-20/h1-16,27,33-34H,(H,29,31,36). The van der Waals surface area contributed by atoms with Crippen LogP contribution in [0.25, 0.3) is 16.8 Å². The van der Waals surface area contributed by atoms with Crippen molar-refractivity contribution in [1.29, 1.82) is 0 Å². The van der Waals surface area contributed by atoms with Gasteiger partial charge in [-0.2, -0.15) is 0 Å². The third-order valence-corrected chi connectivity index (χ3v) is 6.01. The number of amides is 2. The Morgan fingerprint density at radius 1 is 0.833 bits per heavy atom. The number of nitrogens with zero attached hydrogens (tertiary/aromatic N) is 1. The maximum Gasteiger partial charge on any atom is 0.270 e. The SMILES string of the molecule is O=C1NC(=S)N(c2ccc(Oc3ccccc3)cc2)C(=O)C1=Cc1cccc2cccc(C(O)O)c12. The van der Waals surface area contributed by atoms with Crippen LogP contribution < -0.4 is 15.0 Å². The van der Waals surface area contributed by atoms with E-state index in [1.807, 2.05) is 42.5 Å². The van der Waals surface area contributed by atoms with Gasteiger partial charge in [0.25, 0.3) is 11.8 Å². The summed E-state index contributed by atoms with van der Waals surface area (Å²) < 4.78 is 5.80. The van der Waals surface area contributed by atoms with E-state index in [0.29, 0.717) is 28.1 Å². The molecule has 8 heteroatoms. The van der Waals surface area contributed by atoms with Crippen molar-refractivity contribution in [2.24, 2.45) is 0 Å². The number of hydrogen-bond acceptors (Lipinski definition) is 6. The number of fused-ring (bicyclic) bond motifs is 1. The predicted octanol–water partition coefficient (Wildman–Crippen LogP) is 4.45.